The molecule has 0 saturated carbocycles. The van der Waals surface area contributed by atoms with Gasteiger partial charge in [0.2, 0.25) is 11.5 Å². The van der Waals surface area contributed by atoms with Gasteiger partial charge in [0.1, 0.15) is 5.75 Å². The molecular weight excluding hydrogens is 234 g/mol. The summed E-state index contributed by atoms with van der Waals surface area (Å²) in [6.45, 7) is 0.279. The van der Waals surface area contributed by atoms with E-state index < -0.39 is 17.6 Å². The highest BCUT2D eigenvalue weighted by molar-refractivity contribution is 6.02. The number of amides is 2. The number of ether oxygens (including phenoxy) is 1. The molecule has 1 aromatic rings. The zero-order chi connectivity index (χ0) is 12.8. The minimum absolute atomic E-state index is 0.238. The highest BCUT2D eigenvalue weighted by Gasteiger charge is 2.51. The van der Waals surface area contributed by atoms with Gasteiger partial charge in [-0.3, -0.25) is 9.59 Å². The van der Waals surface area contributed by atoms with Crippen molar-refractivity contribution in [3.8, 4) is 5.75 Å². The van der Waals surface area contributed by atoms with Gasteiger partial charge in [-0.15, -0.1) is 0 Å². The number of hydrogen-bond donors (Lipinski definition) is 3. The molecule has 1 aromatic carbocycles. The third-order valence-electron chi connectivity index (χ3n) is 3.37. The third kappa shape index (κ3) is 1.53. The molecule has 0 aliphatic carbocycles. The average molecular weight is 247 g/mol. The maximum atomic E-state index is 12.1. The van der Waals surface area contributed by atoms with E-state index in [0.717, 1.165) is 0 Å². The Bertz CT molecular complexity index is 531. The Balaban J connectivity index is 1.92. The highest BCUT2D eigenvalue weighted by Crippen LogP contribution is 2.37. The Hall–Kier alpha value is -2.08. The second-order valence-corrected chi connectivity index (χ2v) is 4.59. The van der Waals surface area contributed by atoms with Crippen LogP contribution < -0.4 is 21.1 Å². The predicted octanol–water partition coefficient (Wildman–Crippen LogP) is -0.397. The smallest absolute Gasteiger partial charge is 0.270 e. The van der Waals surface area contributed by atoms with Crippen LogP contribution in [0.2, 0.25) is 0 Å². The van der Waals surface area contributed by atoms with Crippen molar-refractivity contribution in [2.75, 3.05) is 11.9 Å². The summed E-state index contributed by atoms with van der Waals surface area (Å²) >= 11 is 0. The van der Waals surface area contributed by atoms with Crippen molar-refractivity contribution < 1.29 is 14.3 Å². The van der Waals surface area contributed by atoms with Gasteiger partial charge in [0.15, 0.2) is 0 Å². The van der Waals surface area contributed by atoms with Crippen molar-refractivity contribution in [2.24, 2.45) is 5.73 Å². The lowest BCUT2D eigenvalue weighted by molar-refractivity contribution is -0.131. The molecule has 6 heteroatoms. The van der Waals surface area contributed by atoms with Gasteiger partial charge in [-0.1, -0.05) is 12.1 Å². The summed E-state index contributed by atoms with van der Waals surface area (Å²) in [7, 11) is 0. The average Bonchev–Trinajstić information content (AvgIpc) is 2.76. The van der Waals surface area contributed by atoms with E-state index in [1.165, 1.54) is 0 Å². The van der Waals surface area contributed by atoms with E-state index >= 15 is 0 Å². The quantitative estimate of drug-likeness (QED) is 0.629. The second-order valence-electron chi connectivity index (χ2n) is 4.59. The highest BCUT2D eigenvalue weighted by atomic mass is 16.5. The molecule has 18 heavy (non-hydrogen) atoms. The summed E-state index contributed by atoms with van der Waals surface area (Å²) in [5.41, 5.74) is 4.85. The number of rotatable bonds is 1. The van der Waals surface area contributed by atoms with E-state index in [0.29, 0.717) is 11.4 Å². The van der Waals surface area contributed by atoms with Gasteiger partial charge in [0.25, 0.3) is 5.91 Å². The van der Waals surface area contributed by atoms with Crippen LogP contribution >= 0.6 is 0 Å². The van der Waals surface area contributed by atoms with Gasteiger partial charge < -0.3 is 21.1 Å². The fourth-order valence-electron chi connectivity index (χ4n) is 2.37. The van der Waals surface area contributed by atoms with Crippen molar-refractivity contribution in [1.82, 2.24) is 5.32 Å². The van der Waals surface area contributed by atoms with Crippen molar-refractivity contribution in [3.05, 3.63) is 24.3 Å². The maximum absolute atomic E-state index is 12.1. The van der Waals surface area contributed by atoms with Gasteiger partial charge in [-0.05, 0) is 12.1 Å². The molecule has 2 heterocycles. The van der Waals surface area contributed by atoms with Crippen LogP contribution in [0.5, 0.6) is 5.75 Å². The minimum Gasteiger partial charge on any atom is -0.474 e. The van der Waals surface area contributed by atoms with Crippen molar-refractivity contribution in [1.29, 1.82) is 0 Å². The Morgan fingerprint density at radius 3 is 2.94 bits per heavy atom. The lowest BCUT2D eigenvalue weighted by Crippen LogP contribution is -2.52. The van der Waals surface area contributed by atoms with Gasteiger partial charge in [0.05, 0.1) is 11.7 Å². The van der Waals surface area contributed by atoms with E-state index in [9.17, 15) is 9.59 Å². The minimum atomic E-state index is -1.03. The first-order valence-electron chi connectivity index (χ1n) is 5.73. The molecule has 2 aliphatic heterocycles. The number of carbonyl (C=O) groups is 2. The molecule has 2 amide bonds. The van der Waals surface area contributed by atoms with Crippen LogP contribution in [-0.4, -0.2) is 30.0 Å². The fourth-order valence-corrected chi connectivity index (χ4v) is 2.37. The molecule has 2 aliphatic rings. The molecule has 4 N–H and O–H groups in total. The predicted molar refractivity (Wildman–Crippen MR) is 64.0 cm³/mol. The summed E-state index contributed by atoms with van der Waals surface area (Å²) in [5, 5.41) is 5.71. The second kappa shape index (κ2) is 3.71. The Labute approximate surface area is 103 Å². The molecule has 94 valence electrons. The first kappa shape index (κ1) is 11.0. The first-order valence-corrected chi connectivity index (χ1v) is 5.73. The van der Waals surface area contributed by atoms with E-state index in [2.05, 4.69) is 10.6 Å². The number of nitrogens with two attached hydrogens (primary N) is 1. The number of hydrogen-bond acceptors (Lipinski definition) is 4. The first-order chi connectivity index (χ1) is 8.61. The van der Waals surface area contributed by atoms with E-state index in [4.69, 9.17) is 10.5 Å². The van der Waals surface area contributed by atoms with Gasteiger partial charge >= 0.3 is 0 Å². The van der Waals surface area contributed by atoms with Crippen LogP contribution in [0.3, 0.4) is 0 Å². The number of nitrogens with one attached hydrogen (secondary N) is 2. The number of benzene rings is 1. The molecule has 0 radical (unpaired) electrons. The summed E-state index contributed by atoms with van der Waals surface area (Å²) < 4.78 is 5.79. The van der Waals surface area contributed by atoms with Crippen LogP contribution in [-0.2, 0) is 9.59 Å². The summed E-state index contributed by atoms with van der Waals surface area (Å²) in [6.07, 6.45) is 0.252. The molecular formula is C12H13N3O3. The van der Waals surface area contributed by atoms with Crippen molar-refractivity contribution in [3.63, 3.8) is 0 Å². The molecule has 1 fully saturated rings. The monoisotopic (exact) mass is 247 g/mol. The zero-order valence-corrected chi connectivity index (χ0v) is 9.60. The van der Waals surface area contributed by atoms with Gasteiger partial charge in [-0.25, -0.2) is 0 Å². The third-order valence-corrected chi connectivity index (χ3v) is 3.37. The molecule has 1 saturated heterocycles. The standard InChI is InChI=1S/C12H13N3O3/c13-10(16)8-5-12(6-14-8)11(17)15-7-3-1-2-4-9(7)18-12/h1-4,8,14H,5-6H2,(H2,13,16)(H,15,17)/t8-,12+/m0/s1. The Morgan fingerprint density at radius 2 is 2.22 bits per heavy atom. The molecule has 0 aromatic heterocycles. The van der Waals surface area contributed by atoms with Crippen molar-refractivity contribution in [2.45, 2.75) is 18.1 Å². The van der Waals surface area contributed by atoms with Gasteiger partial charge in [0, 0.05) is 13.0 Å². The van der Waals surface area contributed by atoms with E-state index in [1.54, 1.807) is 12.1 Å². The van der Waals surface area contributed by atoms with Crippen LogP contribution in [0, 0.1) is 0 Å². The van der Waals surface area contributed by atoms with Crippen LogP contribution in [0.1, 0.15) is 6.42 Å². The zero-order valence-electron chi connectivity index (χ0n) is 9.60. The number of primary amides is 1. The summed E-state index contributed by atoms with van der Waals surface area (Å²) in [6, 6.07) is 6.68. The number of para-hydroxylation sites is 2. The topological polar surface area (TPSA) is 93.5 Å². The molecule has 0 bridgehead atoms. The molecule has 2 atom stereocenters. The maximum Gasteiger partial charge on any atom is 0.270 e. The fraction of sp³-hybridized carbons (Fsp3) is 0.333. The summed E-state index contributed by atoms with van der Waals surface area (Å²) in [4.78, 5) is 23.3. The SMILES string of the molecule is NC(=O)[C@@H]1C[C@]2(CN1)Oc1ccccc1NC2=O. The molecule has 0 unspecified atom stereocenters. The summed E-state index contributed by atoms with van der Waals surface area (Å²) in [5.74, 6) is -0.0939. The van der Waals surface area contributed by atoms with Crippen molar-refractivity contribution >= 4 is 17.5 Å². The number of anilines is 1. The molecule has 1 spiro atoms. The molecule has 3 rings (SSSR count). The van der Waals surface area contributed by atoms with E-state index in [-0.39, 0.29) is 18.9 Å². The van der Waals surface area contributed by atoms with Crippen LogP contribution in [0.15, 0.2) is 24.3 Å². The Kier molecular flexibility index (Phi) is 2.27. The normalized spacial score (nSPS) is 29.6. The molecule has 6 nitrogen and oxygen atoms in total. The largest absolute Gasteiger partial charge is 0.474 e. The van der Waals surface area contributed by atoms with Gasteiger partial charge in [-0.2, -0.15) is 0 Å². The van der Waals surface area contributed by atoms with Crippen LogP contribution in [0.4, 0.5) is 5.69 Å². The Morgan fingerprint density at radius 1 is 1.44 bits per heavy atom. The lowest BCUT2D eigenvalue weighted by Gasteiger charge is -2.33. The number of carbonyl (C=O) groups excluding carboxylic acids is 2. The lowest BCUT2D eigenvalue weighted by atomic mass is 9.96. The number of fused-ring (bicyclic) bond motifs is 1. The van der Waals surface area contributed by atoms with Crippen LogP contribution in [0.25, 0.3) is 0 Å². The van der Waals surface area contributed by atoms with E-state index in [1.807, 2.05) is 12.1 Å².